The van der Waals surface area contributed by atoms with Crippen LogP contribution >= 0.6 is 11.6 Å². The minimum Gasteiger partial charge on any atom is -0.345 e. The molecule has 0 radical (unpaired) electrons. The molecule has 5 aromatic rings. The second kappa shape index (κ2) is 12.1. The molecule has 7 rings (SSSR count). The molecule has 3 heterocycles. The fourth-order valence-electron chi connectivity index (χ4n) is 5.94. The molecule has 0 bridgehead atoms. The maximum atomic E-state index is 6.41. The largest absolute Gasteiger partial charge is 0.345 e. The van der Waals surface area contributed by atoms with Crippen molar-refractivity contribution in [2.24, 2.45) is 0 Å². The monoisotopic (exact) mass is 547 g/mol. The first-order valence-electron chi connectivity index (χ1n) is 14.1. The average Bonchev–Trinajstić information content (AvgIpc) is 3.34. The number of rotatable bonds is 3. The fourth-order valence-corrected chi connectivity index (χ4v) is 6.13. The molecule has 202 valence electrons. The van der Waals surface area contributed by atoms with Crippen molar-refractivity contribution in [2.45, 2.75) is 57.5 Å². The minimum atomic E-state index is 0.413. The van der Waals surface area contributed by atoms with Gasteiger partial charge in [0.05, 0.1) is 12.2 Å². The summed E-state index contributed by atoms with van der Waals surface area (Å²) >= 11 is 6.41. The van der Waals surface area contributed by atoms with Gasteiger partial charge in [0.25, 0.3) is 0 Å². The first-order valence-corrected chi connectivity index (χ1v) is 14.5. The maximum Gasteiger partial charge on any atom is 0.157 e. The molecule has 0 saturated heterocycles. The number of halogens is 1. The van der Waals surface area contributed by atoms with Crippen molar-refractivity contribution in [1.82, 2.24) is 19.7 Å². The predicted molar refractivity (Wildman–Crippen MR) is 162 cm³/mol. The first kappa shape index (κ1) is 26.3. The lowest BCUT2D eigenvalue weighted by atomic mass is 9.78. The van der Waals surface area contributed by atoms with Gasteiger partial charge in [0, 0.05) is 23.7 Å². The quantitative estimate of drug-likeness (QED) is 0.228. The van der Waals surface area contributed by atoms with E-state index < -0.39 is 0 Å². The minimum absolute atomic E-state index is 0.413. The lowest BCUT2D eigenvalue weighted by Crippen LogP contribution is -2.22. The molecular formula is C34H34ClN5. The number of anilines is 1. The number of nitrogens with zero attached hydrogens (tertiary/aromatic N) is 5. The zero-order chi connectivity index (χ0) is 27.3. The van der Waals surface area contributed by atoms with E-state index in [9.17, 15) is 0 Å². The number of benzene rings is 3. The third kappa shape index (κ3) is 5.80. The molecule has 3 aromatic carbocycles. The van der Waals surface area contributed by atoms with Gasteiger partial charge in [-0.25, -0.2) is 4.98 Å². The molecule has 2 aromatic heterocycles. The van der Waals surface area contributed by atoms with Gasteiger partial charge in [0.15, 0.2) is 5.82 Å². The van der Waals surface area contributed by atoms with Gasteiger partial charge in [0.2, 0.25) is 0 Å². The van der Waals surface area contributed by atoms with Gasteiger partial charge < -0.3 is 4.90 Å². The van der Waals surface area contributed by atoms with Crippen molar-refractivity contribution < 1.29 is 0 Å². The van der Waals surface area contributed by atoms with Gasteiger partial charge in [-0.3, -0.25) is 4.57 Å². The molecular weight excluding hydrogens is 514 g/mol. The number of fused-ring (bicyclic) bond motifs is 3. The van der Waals surface area contributed by atoms with Crippen molar-refractivity contribution in [3.8, 4) is 5.69 Å². The molecule has 0 atom stereocenters. The zero-order valence-corrected chi connectivity index (χ0v) is 23.6. The summed E-state index contributed by atoms with van der Waals surface area (Å²) in [5.74, 6) is 4.03. The summed E-state index contributed by atoms with van der Waals surface area (Å²) in [4.78, 5) is 6.83. The average molecular weight is 548 g/mol. The highest BCUT2D eigenvalue weighted by Gasteiger charge is 2.31. The van der Waals surface area contributed by atoms with Crippen molar-refractivity contribution >= 4 is 17.4 Å². The molecule has 1 fully saturated rings. The van der Waals surface area contributed by atoms with Gasteiger partial charge in [0.1, 0.15) is 11.6 Å². The van der Waals surface area contributed by atoms with E-state index in [1.165, 1.54) is 29.5 Å². The number of aryl methyl sites for hydroxylation is 1. The number of hydrogen-bond donors (Lipinski definition) is 0. The van der Waals surface area contributed by atoms with E-state index in [-0.39, 0.29) is 0 Å². The summed E-state index contributed by atoms with van der Waals surface area (Å²) in [7, 11) is 0. The Morgan fingerprint density at radius 1 is 0.725 bits per heavy atom. The van der Waals surface area contributed by atoms with Crippen LogP contribution < -0.4 is 4.90 Å². The molecule has 1 aliphatic carbocycles. The van der Waals surface area contributed by atoms with E-state index in [1.807, 2.05) is 48.7 Å². The van der Waals surface area contributed by atoms with Crippen LogP contribution in [0, 0.1) is 6.92 Å². The van der Waals surface area contributed by atoms with Gasteiger partial charge in [-0.1, -0.05) is 83.9 Å². The molecule has 6 heteroatoms. The van der Waals surface area contributed by atoms with Crippen LogP contribution in [0.1, 0.15) is 65.9 Å². The molecule has 1 saturated carbocycles. The lowest BCUT2D eigenvalue weighted by Gasteiger charge is -2.28. The lowest BCUT2D eigenvalue weighted by molar-refractivity contribution is 0.382. The molecule has 0 amide bonds. The second-order valence-corrected chi connectivity index (χ2v) is 11.2. The smallest absolute Gasteiger partial charge is 0.157 e. The summed E-state index contributed by atoms with van der Waals surface area (Å²) in [6, 6.07) is 33.3. The Morgan fingerprint density at radius 2 is 1.43 bits per heavy atom. The number of aromatic nitrogens is 4. The van der Waals surface area contributed by atoms with Crippen molar-refractivity contribution in [3.05, 3.63) is 137 Å². The molecule has 0 unspecified atom stereocenters. The summed E-state index contributed by atoms with van der Waals surface area (Å²) in [6.07, 6.45) is 6.46. The first-order chi connectivity index (χ1) is 19.7. The van der Waals surface area contributed by atoms with Crippen LogP contribution in [-0.2, 0) is 13.1 Å². The van der Waals surface area contributed by atoms with Crippen LogP contribution in [0.25, 0.3) is 5.69 Å². The predicted octanol–water partition coefficient (Wildman–Crippen LogP) is 8.27. The Hall–Kier alpha value is -3.96. The second-order valence-electron chi connectivity index (χ2n) is 10.7. The summed E-state index contributed by atoms with van der Waals surface area (Å²) in [5, 5.41) is 10.2. The fraction of sp³-hybridized carbons (Fsp3) is 0.265. The molecule has 0 N–H and O–H groups in total. The van der Waals surface area contributed by atoms with Crippen LogP contribution in [-0.4, -0.2) is 19.7 Å². The van der Waals surface area contributed by atoms with E-state index in [0.29, 0.717) is 18.4 Å². The highest BCUT2D eigenvalue weighted by Crippen LogP contribution is 2.41. The van der Waals surface area contributed by atoms with Gasteiger partial charge in [-0.15, -0.1) is 10.2 Å². The Kier molecular flexibility index (Phi) is 7.92. The van der Waals surface area contributed by atoms with Crippen molar-refractivity contribution in [3.63, 3.8) is 0 Å². The number of hydrogen-bond acceptors (Lipinski definition) is 4. The Labute approximate surface area is 241 Å². The summed E-state index contributed by atoms with van der Waals surface area (Å²) in [6.45, 7) is 3.48. The molecule has 40 heavy (non-hydrogen) atoms. The van der Waals surface area contributed by atoms with Gasteiger partial charge in [-0.05, 0) is 80.0 Å². The van der Waals surface area contributed by atoms with Crippen LogP contribution in [0.2, 0.25) is 5.02 Å². The summed E-state index contributed by atoms with van der Waals surface area (Å²) in [5.41, 5.74) is 5.09. The third-order valence-corrected chi connectivity index (χ3v) is 8.24. The molecule has 1 aliphatic heterocycles. The van der Waals surface area contributed by atoms with E-state index in [2.05, 4.69) is 81.1 Å². The van der Waals surface area contributed by atoms with Crippen molar-refractivity contribution in [1.29, 1.82) is 0 Å². The molecule has 2 aliphatic rings. The Morgan fingerprint density at radius 3 is 2.10 bits per heavy atom. The molecule has 5 nitrogen and oxygen atoms in total. The summed E-state index contributed by atoms with van der Waals surface area (Å²) < 4.78 is 2.29. The van der Waals surface area contributed by atoms with E-state index in [4.69, 9.17) is 16.7 Å². The highest BCUT2D eigenvalue weighted by atomic mass is 35.5. The van der Waals surface area contributed by atoms with Gasteiger partial charge in [-0.2, -0.15) is 0 Å². The van der Waals surface area contributed by atoms with Crippen LogP contribution in [0.5, 0.6) is 0 Å². The third-order valence-electron chi connectivity index (χ3n) is 8.01. The highest BCUT2D eigenvalue weighted by molar-refractivity contribution is 6.30. The van der Waals surface area contributed by atoms with Crippen LogP contribution in [0.3, 0.4) is 0 Å². The standard InChI is InChI=1S/C27H26ClN5.C7H8/c28-23-13-14-24-22(16-23)17-32(25-8-4-5-15-29-25)18-26-30-31-27(33(24)26)21-11-9-20(10-12-21)19-6-2-1-3-7-19;1-7-5-3-2-4-6-7/h1-8,13-16,20-21H,9-12,17-18H2;2-6H,1H3. The molecule has 0 spiro atoms. The zero-order valence-electron chi connectivity index (χ0n) is 22.8. The van der Waals surface area contributed by atoms with Crippen LogP contribution in [0.4, 0.5) is 5.82 Å². The topological polar surface area (TPSA) is 46.8 Å². The van der Waals surface area contributed by atoms with Crippen molar-refractivity contribution in [2.75, 3.05) is 4.90 Å². The van der Waals surface area contributed by atoms with Crippen LogP contribution in [0.15, 0.2) is 103 Å². The number of pyridine rings is 1. The Bertz CT molecular complexity index is 1530. The normalized spacial score (nSPS) is 18.1. The van der Waals surface area contributed by atoms with E-state index >= 15 is 0 Å². The van der Waals surface area contributed by atoms with E-state index in [0.717, 1.165) is 47.6 Å². The van der Waals surface area contributed by atoms with Gasteiger partial charge >= 0.3 is 0 Å². The maximum absolute atomic E-state index is 6.41. The Balaban J connectivity index is 0.000000363. The SMILES string of the molecule is Cc1ccccc1.Clc1ccc2c(c1)CN(c1ccccn1)Cc1nnc(C3CCC(c4ccccc4)CC3)n1-2. The van der Waals surface area contributed by atoms with E-state index in [1.54, 1.807) is 0 Å².